The van der Waals surface area contributed by atoms with Crippen LogP contribution in [0.3, 0.4) is 0 Å². The van der Waals surface area contributed by atoms with Crippen molar-refractivity contribution in [2.45, 2.75) is 59.5 Å². The fourth-order valence-electron chi connectivity index (χ4n) is 6.25. The van der Waals surface area contributed by atoms with Crippen molar-refractivity contribution in [1.29, 1.82) is 0 Å². The molecule has 4 rings (SSSR count). The fraction of sp³-hybridized carbons (Fsp3) is 0.538. The van der Waals surface area contributed by atoms with Gasteiger partial charge in [-0.3, -0.25) is 4.79 Å². The Hall–Kier alpha value is -2.56. The van der Waals surface area contributed by atoms with Gasteiger partial charge in [0.25, 0.3) is 0 Å². The van der Waals surface area contributed by atoms with Crippen LogP contribution in [0.5, 0.6) is 5.75 Å². The van der Waals surface area contributed by atoms with Crippen LogP contribution in [0.15, 0.2) is 51.7 Å². The molecule has 1 aromatic carbocycles. The summed E-state index contributed by atoms with van der Waals surface area (Å²) in [6, 6.07) is 8.86. The van der Waals surface area contributed by atoms with Crippen LogP contribution in [-0.4, -0.2) is 18.7 Å². The molecule has 0 spiro atoms. The lowest BCUT2D eigenvalue weighted by molar-refractivity contribution is -0.175. The Kier molecular flexibility index (Phi) is 5.48. The lowest BCUT2D eigenvalue weighted by atomic mass is 9.47. The summed E-state index contributed by atoms with van der Waals surface area (Å²) in [7, 11) is 0. The second kappa shape index (κ2) is 7.85. The molecular formula is C26H32O5. The summed E-state index contributed by atoms with van der Waals surface area (Å²) in [6.45, 7) is 13.1. The standard InChI is InChI=1S/C26H32O5/c1-16-10-11-22-25(3,4)23(30-17(2)27)12-13-26(22,5)19(16)15-29-21-14-24(28)31-20-9-7-6-8-18(20)21/h6-9,14,19,22-23H,1,10-13,15H2,2-5H3. The molecule has 31 heavy (non-hydrogen) atoms. The van der Waals surface area contributed by atoms with Crippen LogP contribution >= 0.6 is 0 Å². The molecule has 2 aliphatic rings. The van der Waals surface area contributed by atoms with Gasteiger partial charge in [0.15, 0.2) is 0 Å². The van der Waals surface area contributed by atoms with Crippen molar-refractivity contribution < 1.29 is 18.7 Å². The van der Waals surface area contributed by atoms with Crippen LogP contribution in [0, 0.1) is 22.7 Å². The lowest BCUT2D eigenvalue weighted by Crippen LogP contribution is -2.56. The van der Waals surface area contributed by atoms with Crippen LogP contribution in [0.4, 0.5) is 0 Å². The molecule has 0 N–H and O–H groups in total. The zero-order chi connectivity index (χ0) is 22.4. The van der Waals surface area contributed by atoms with Gasteiger partial charge in [-0.05, 0) is 49.1 Å². The van der Waals surface area contributed by atoms with Crippen LogP contribution in [0.1, 0.15) is 53.4 Å². The van der Waals surface area contributed by atoms with E-state index < -0.39 is 5.63 Å². The fourth-order valence-corrected chi connectivity index (χ4v) is 6.25. The van der Waals surface area contributed by atoms with Crippen LogP contribution in [-0.2, 0) is 9.53 Å². The van der Waals surface area contributed by atoms with Crippen LogP contribution in [0.2, 0.25) is 0 Å². The molecule has 0 bridgehead atoms. The zero-order valence-electron chi connectivity index (χ0n) is 18.9. The highest BCUT2D eigenvalue weighted by Crippen LogP contribution is 2.61. The smallest absolute Gasteiger partial charge is 0.339 e. The third-order valence-corrected chi connectivity index (χ3v) is 7.84. The molecule has 2 aliphatic carbocycles. The molecule has 2 saturated carbocycles. The van der Waals surface area contributed by atoms with Crippen molar-refractivity contribution in [1.82, 2.24) is 0 Å². The second-order valence-corrected chi connectivity index (χ2v) is 10.0. The third-order valence-electron chi connectivity index (χ3n) is 7.84. The quantitative estimate of drug-likeness (QED) is 0.368. The van der Waals surface area contributed by atoms with Gasteiger partial charge < -0.3 is 13.9 Å². The molecule has 4 atom stereocenters. The number of rotatable bonds is 4. The molecule has 1 heterocycles. The highest BCUT2D eigenvalue weighted by atomic mass is 16.5. The maximum Gasteiger partial charge on any atom is 0.339 e. The minimum absolute atomic E-state index is 0.00919. The molecular weight excluding hydrogens is 392 g/mol. The van der Waals surface area contributed by atoms with Gasteiger partial charge in [0.2, 0.25) is 0 Å². The highest BCUT2D eigenvalue weighted by Gasteiger charge is 2.57. The van der Waals surface area contributed by atoms with Crippen molar-refractivity contribution >= 4 is 16.9 Å². The molecule has 2 aromatic rings. The summed E-state index contributed by atoms with van der Waals surface area (Å²) in [5, 5.41) is 0.795. The molecule has 0 aliphatic heterocycles. The van der Waals surface area contributed by atoms with Gasteiger partial charge in [-0.2, -0.15) is 0 Å². The van der Waals surface area contributed by atoms with Gasteiger partial charge in [-0.25, -0.2) is 4.79 Å². The number of hydrogen-bond donors (Lipinski definition) is 0. The van der Waals surface area contributed by atoms with Gasteiger partial charge in [0.1, 0.15) is 17.4 Å². The SMILES string of the molecule is C=C1CCC2C(C)(C)C(OC(C)=O)CCC2(C)C1COc1cc(=O)oc2ccccc12. The molecule has 0 radical (unpaired) electrons. The minimum Gasteiger partial charge on any atom is -0.492 e. The van der Waals surface area contributed by atoms with E-state index in [0.29, 0.717) is 23.9 Å². The van der Waals surface area contributed by atoms with E-state index in [4.69, 9.17) is 13.9 Å². The molecule has 0 saturated heterocycles. The van der Waals surface area contributed by atoms with E-state index in [1.54, 1.807) is 6.07 Å². The Balaban J connectivity index is 1.61. The molecule has 5 heteroatoms. The number of para-hydroxylation sites is 1. The predicted octanol–water partition coefficient (Wildman–Crippen LogP) is 5.51. The minimum atomic E-state index is -0.414. The normalized spacial score (nSPS) is 29.9. The molecule has 5 nitrogen and oxygen atoms in total. The van der Waals surface area contributed by atoms with E-state index in [9.17, 15) is 9.59 Å². The maximum absolute atomic E-state index is 12.0. The lowest BCUT2D eigenvalue weighted by Gasteiger charge is -2.59. The summed E-state index contributed by atoms with van der Waals surface area (Å²) < 4.78 is 17.3. The number of hydrogen-bond acceptors (Lipinski definition) is 5. The van der Waals surface area contributed by atoms with Crippen molar-refractivity contribution in [2.75, 3.05) is 6.61 Å². The summed E-state index contributed by atoms with van der Waals surface area (Å²) in [5.74, 6) is 0.888. The average Bonchev–Trinajstić information content (AvgIpc) is 2.69. The summed E-state index contributed by atoms with van der Waals surface area (Å²) in [6.07, 6.45) is 3.68. The number of carbonyl (C=O) groups excluding carboxylic acids is 1. The summed E-state index contributed by atoms with van der Waals surface area (Å²) in [4.78, 5) is 23.7. The Morgan fingerprint density at radius 2 is 1.97 bits per heavy atom. The van der Waals surface area contributed by atoms with Crippen LogP contribution < -0.4 is 10.4 Å². The van der Waals surface area contributed by atoms with E-state index in [1.165, 1.54) is 18.6 Å². The van der Waals surface area contributed by atoms with Crippen molar-refractivity contribution in [2.24, 2.45) is 22.7 Å². The first kappa shape index (κ1) is 21.7. The summed E-state index contributed by atoms with van der Waals surface area (Å²) >= 11 is 0. The van der Waals surface area contributed by atoms with Crippen molar-refractivity contribution in [3.05, 3.63) is 52.9 Å². The predicted molar refractivity (Wildman–Crippen MR) is 120 cm³/mol. The Morgan fingerprint density at radius 1 is 1.23 bits per heavy atom. The first-order valence-corrected chi connectivity index (χ1v) is 11.1. The number of carbonyl (C=O) groups is 1. The maximum atomic E-state index is 12.0. The van der Waals surface area contributed by atoms with Gasteiger partial charge in [0.05, 0.1) is 18.1 Å². The Morgan fingerprint density at radius 3 is 2.71 bits per heavy atom. The highest BCUT2D eigenvalue weighted by molar-refractivity contribution is 5.82. The zero-order valence-corrected chi connectivity index (χ0v) is 18.9. The van der Waals surface area contributed by atoms with Crippen LogP contribution in [0.25, 0.3) is 11.0 Å². The second-order valence-electron chi connectivity index (χ2n) is 10.0. The third kappa shape index (κ3) is 3.79. The van der Waals surface area contributed by atoms with E-state index >= 15 is 0 Å². The van der Waals surface area contributed by atoms with E-state index in [-0.39, 0.29) is 28.8 Å². The van der Waals surface area contributed by atoms with Gasteiger partial charge >= 0.3 is 11.6 Å². The number of ether oxygens (including phenoxy) is 2. The number of esters is 1. The summed E-state index contributed by atoms with van der Waals surface area (Å²) in [5.41, 5.74) is 1.18. The van der Waals surface area contributed by atoms with Gasteiger partial charge in [-0.1, -0.05) is 45.1 Å². The first-order valence-electron chi connectivity index (χ1n) is 11.1. The van der Waals surface area contributed by atoms with Gasteiger partial charge in [0, 0.05) is 18.3 Å². The molecule has 166 valence electrons. The van der Waals surface area contributed by atoms with E-state index in [1.807, 2.05) is 18.2 Å². The molecule has 0 amide bonds. The van der Waals surface area contributed by atoms with Crippen molar-refractivity contribution in [3.8, 4) is 5.75 Å². The Bertz CT molecular complexity index is 1060. The van der Waals surface area contributed by atoms with Crippen molar-refractivity contribution in [3.63, 3.8) is 0 Å². The molecule has 2 fully saturated rings. The first-order chi connectivity index (χ1) is 14.6. The Labute approximate surface area is 183 Å². The molecule has 4 unspecified atom stereocenters. The van der Waals surface area contributed by atoms with E-state index in [2.05, 4.69) is 27.4 Å². The average molecular weight is 425 g/mol. The number of fused-ring (bicyclic) bond motifs is 2. The topological polar surface area (TPSA) is 65.7 Å². The largest absolute Gasteiger partial charge is 0.492 e. The van der Waals surface area contributed by atoms with E-state index in [0.717, 1.165) is 31.1 Å². The number of benzene rings is 1. The van der Waals surface area contributed by atoms with Gasteiger partial charge in [-0.15, -0.1) is 0 Å². The monoisotopic (exact) mass is 424 g/mol. The molecule has 1 aromatic heterocycles.